The molecule has 0 aliphatic heterocycles. The summed E-state index contributed by atoms with van der Waals surface area (Å²) in [4.78, 5) is 0. The molecule has 0 aromatic heterocycles. The second-order valence-corrected chi connectivity index (χ2v) is 14.7. The van der Waals surface area contributed by atoms with Crippen molar-refractivity contribution in [1.29, 1.82) is 0 Å². The summed E-state index contributed by atoms with van der Waals surface area (Å²) in [7, 11) is 0. The van der Waals surface area contributed by atoms with E-state index in [-0.39, 0.29) is 0 Å². The second kappa shape index (κ2) is 21.6. The molecule has 7 heteroatoms. The minimum absolute atomic E-state index is 0.296. The third-order valence-electron chi connectivity index (χ3n) is 9.73. The molecule has 0 saturated carbocycles. The Bertz CT molecular complexity index is 2290. The molecule has 0 bridgehead atoms. The topological polar surface area (TPSA) is 64.6 Å². The minimum Gasteiger partial charge on any atom is -0.489 e. The van der Waals surface area contributed by atoms with Crippen molar-refractivity contribution in [1.82, 2.24) is 0 Å². The zero-order chi connectivity index (χ0) is 42.0. The van der Waals surface area contributed by atoms with Crippen LogP contribution in [-0.2, 0) is 46.2 Å². The molecule has 0 atom stereocenters. The smallest absolute Gasteiger partial charge is 0.120 e. The van der Waals surface area contributed by atoms with Crippen LogP contribution in [0.15, 0.2) is 206 Å². The number of hydrogen-bond donors (Lipinski definition) is 0. The Kier molecular flexibility index (Phi) is 14.3. The zero-order valence-electron chi connectivity index (χ0n) is 34.4. The Morgan fingerprint density at radius 2 is 0.371 bits per heavy atom. The molecule has 0 spiro atoms. The molecular weight excluding hydrogens is 773 g/mol. The number of hydrogen-bond acceptors (Lipinski definition) is 7. The predicted molar refractivity (Wildman–Crippen MR) is 242 cm³/mol. The molecule has 62 heavy (non-hydrogen) atoms. The van der Waals surface area contributed by atoms with Gasteiger partial charge >= 0.3 is 0 Å². The summed E-state index contributed by atoms with van der Waals surface area (Å²) < 4.78 is 44.0. The van der Waals surface area contributed by atoms with Crippen molar-refractivity contribution in [3.05, 3.63) is 245 Å². The Balaban J connectivity index is 1.01. The van der Waals surface area contributed by atoms with Crippen molar-refractivity contribution in [3.8, 4) is 40.2 Å². The minimum atomic E-state index is 0.296. The van der Waals surface area contributed by atoms with E-state index in [4.69, 9.17) is 33.2 Å². The van der Waals surface area contributed by atoms with Gasteiger partial charge in [-0.15, -0.1) is 0 Å². The lowest BCUT2D eigenvalue weighted by molar-refractivity contribution is 0.281. The van der Waals surface area contributed by atoms with Gasteiger partial charge in [0.15, 0.2) is 0 Å². The van der Waals surface area contributed by atoms with E-state index in [2.05, 4.69) is 30.3 Å². The van der Waals surface area contributed by atoms with Crippen molar-refractivity contribution in [2.45, 2.75) is 46.2 Å². The van der Waals surface area contributed by atoms with Gasteiger partial charge in [-0.3, -0.25) is 0 Å². The molecule has 8 aromatic carbocycles. The van der Waals surface area contributed by atoms with Gasteiger partial charge in [0.2, 0.25) is 0 Å². The molecule has 0 aliphatic carbocycles. The molecule has 0 unspecified atom stereocenters. The summed E-state index contributed by atoms with van der Waals surface area (Å²) >= 11 is 0. The summed E-state index contributed by atoms with van der Waals surface area (Å²) in [6.45, 7) is 2.53. The van der Waals surface area contributed by atoms with Crippen LogP contribution in [0.1, 0.15) is 38.9 Å². The van der Waals surface area contributed by atoms with E-state index < -0.39 is 0 Å². The summed E-state index contributed by atoms with van der Waals surface area (Å²) in [5.41, 5.74) is 6.82. The Morgan fingerprint density at radius 1 is 0.177 bits per heavy atom. The molecule has 8 rings (SSSR count). The highest BCUT2D eigenvalue weighted by Gasteiger charge is 2.11. The van der Waals surface area contributed by atoms with E-state index in [1.807, 2.05) is 176 Å². The first-order chi connectivity index (χ1) is 30.6. The third-order valence-corrected chi connectivity index (χ3v) is 9.73. The van der Waals surface area contributed by atoms with E-state index in [1.165, 1.54) is 0 Å². The van der Waals surface area contributed by atoms with Crippen LogP contribution in [0, 0.1) is 0 Å². The van der Waals surface area contributed by atoms with Crippen LogP contribution in [0.2, 0.25) is 0 Å². The van der Waals surface area contributed by atoms with Crippen LogP contribution in [-0.4, -0.2) is 0 Å². The molecular formula is C55H48O7. The molecule has 8 aromatic rings. The fraction of sp³-hybridized carbons (Fsp3) is 0.127. The lowest BCUT2D eigenvalue weighted by Crippen LogP contribution is -2.05. The molecule has 0 radical (unpaired) electrons. The lowest BCUT2D eigenvalue weighted by Gasteiger charge is -2.16. The van der Waals surface area contributed by atoms with Crippen molar-refractivity contribution in [3.63, 3.8) is 0 Å². The molecule has 7 nitrogen and oxygen atoms in total. The van der Waals surface area contributed by atoms with Crippen LogP contribution in [0.25, 0.3) is 0 Å². The molecule has 0 heterocycles. The highest BCUT2D eigenvalue weighted by atomic mass is 16.5. The molecule has 0 saturated heterocycles. The summed E-state index contributed by atoms with van der Waals surface area (Å²) in [6, 6.07) is 67.7. The van der Waals surface area contributed by atoms with Gasteiger partial charge in [0.1, 0.15) is 86.5 Å². The normalized spacial score (nSPS) is 10.7. The van der Waals surface area contributed by atoms with Crippen molar-refractivity contribution >= 4 is 0 Å². The summed E-state index contributed by atoms with van der Waals surface area (Å²) in [5, 5.41) is 0. The number of benzene rings is 8. The number of ether oxygens (including phenoxy) is 7. The average molecular weight is 821 g/mol. The summed E-state index contributed by atoms with van der Waals surface area (Å²) in [6.07, 6.45) is 0. The molecule has 0 fully saturated rings. The molecule has 0 amide bonds. The van der Waals surface area contributed by atoms with Gasteiger partial charge in [-0.25, -0.2) is 0 Å². The predicted octanol–water partition coefficient (Wildman–Crippen LogP) is 12.7. The highest BCUT2D eigenvalue weighted by Crippen LogP contribution is 2.27. The maximum atomic E-state index is 6.54. The van der Waals surface area contributed by atoms with Crippen molar-refractivity contribution < 1.29 is 33.2 Å². The lowest BCUT2D eigenvalue weighted by atomic mass is 10.1. The van der Waals surface area contributed by atoms with E-state index in [0.29, 0.717) is 57.7 Å². The monoisotopic (exact) mass is 820 g/mol. The van der Waals surface area contributed by atoms with Gasteiger partial charge in [-0.2, -0.15) is 0 Å². The Morgan fingerprint density at radius 3 is 0.613 bits per heavy atom. The van der Waals surface area contributed by atoms with Gasteiger partial charge in [-0.05, 0) is 142 Å². The van der Waals surface area contributed by atoms with Gasteiger partial charge in [0, 0.05) is 0 Å². The Labute approximate surface area is 363 Å². The maximum Gasteiger partial charge on any atom is 0.120 e. The van der Waals surface area contributed by atoms with E-state index >= 15 is 0 Å². The maximum absolute atomic E-state index is 6.54. The first-order valence-corrected chi connectivity index (χ1v) is 20.7. The summed E-state index contributed by atoms with van der Waals surface area (Å²) in [5.74, 6) is 5.33. The first-order valence-electron chi connectivity index (χ1n) is 20.7. The largest absolute Gasteiger partial charge is 0.489 e. The van der Waals surface area contributed by atoms with E-state index in [1.54, 1.807) is 0 Å². The van der Waals surface area contributed by atoms with Crippen LogP contribution in [0.3, 0.4) is 0 Å². The first kappa shape index (κ1) is 41.1. The SMILES string of the molecule is c1ccc(COc2cc(COc3cc(COc4ccccc4)cc(COc4ccccc4)c3)cc(COc3cc(COc4ccccc4)cc(COc4ccccc4)c3)c2)cc1. The molecule has 310 valence electrons. The highest BCUT2D eigenvalue weighted by molar-refractivity contribution is 5.39. The van der Waals surface area contributed by atoms with Crippen LogP contribution in [0.5, 0.6) is 40.2 Å². The van der Waals surface area contributed by atoms with Gasteiger partial charge in [-0.1, -0.05) is 103 Å². The zero-order valence-corrected chi connectivity index (χ0v) is 34.4. The van der Waals surface area contributed by atoms with E-state index in [9.17, 15) is 0 Å². The van der Waals surface area contributed by atoms with Crippen molar-refractivity contribution in [2.75, 3.05) is 0 Å². The van der Waals surface area contributed by atoms with E-state index in [0.717, 1.165) is 67.7 Å². The Hall–Kier alpha value is -7.64. The van der Waals surface area contributed by atoms with Gasteiger partial charge in [0.05, 0.1) is 0 Å². The van der Waals surface area contributed by atoms with Crippen LogP contribution >= 0.6 is 0 Å². The fourth-order valence-corrected chi connectivity index (χ4v) is 6.74. The standard InChI is InChI=1S/C55H48O7/c1-6-16-42(17-7-1)35-60-53-33-47(40-61-54-29-43(36-56-49-18-8-2-9-19-49)26-44(30-54)37-57-50-20-10-3-11-21-50)28-48(34-53)41-62-55-31-45(38-58-51-22-12-4-13-23-51)27-46(32-55)39-59-52-24-14-5-15-25-52/h1-34H,35-41H2. The average Bonchev–Trinajstić information content (AvgIpc) is 3.33. The van der Waals surface area contributed by atoms with Gasteiger partial charge < -0.3 is 33.2 Å². The number of para-hydroxylation sites is 4. The van der Waals surface area contributed by atoms with Crippen LogP contribution in [0.4, 0.5) is 0 Å². The fourth-order valence-electron chi connectivity index (χ4n) is 6.74. The van der Waals surface area contributed by atoms with Gasteiger partial charge in [0.25, 0.3) is 0 Å². The molecule has 0 aliphatic rings. The van der Waals surface area contributed by atoms with Crippen LogP contribution < -0.4 is 33.2 Å². The molecule has 0 N–H and O–H groups in total. The second-order valence-electron chi connectivity index (χ2n) is 14.7. The third kappa shape index (κ3) is 12.9. The number of rotatable bonds is 21. The quantitative estimate of drug-likeness (QED) is 0.0715. The van der Waals surface area contributed by atoms with Crippen molar-refractivity contribution in [2.24, 2.45) is 0 Å².